The zero-order valence-electron chi connectivity index (χ0n) is 11.7. The van der Waals surface area contributed by atoms with Gasteiger partial charge in [-0.1, -0.05) is 25.7 Å². The molecule has 2 aliphatic rings. The van der Waals surface area contributed by atoms with E-state index in [9.17, 15) is 9.90 Å². The molecule has 1 aliphatic carbocycles. The molecule has 0 spiro atoms. The lowest BCUT2D eigenvalue weighted by Crippen LogP contribution is -2.52. The molecule has 1 heterocycles. The number of rotatable bonds is 5. The van der Waals surface area contributed by atoms with Crippen LogP contribution in [0.3, 0.4) is 0 Å². The van der Waals surface area contributed by atoms with Gasteiger partial charge in [0.1, 0.15) is 6.04 Å². The average molecular weight is 271 g/mol. The molecule has 1 saturated carbocycles. The van der Waals surface area contributed by atoms with Gasteiger partial charge in [0, 0.05) is 13.1 Å². The Morgan fingerprint density at radius 2 is 2.21 bits per heavy atom. The van der Waals surface area contributed by atoms with Gasteiger partial charge in [-0.05, 0) is 12.3 Å². The normalized spacial score (nSPS) is 27.4. The molecule has 0 radical (unpaired) electrons. The third-order valence-electron chi connectivity index (χ3n) is 4.24. The largest absolute Gasteiger partial charge is 0.468 e. The van der Waals surface area contributed by atoms with Gasteiger partial charge >= 0.3 is 5.97 Å². The summed E-state index contributed by atoms with van der Waals surface area (Å²) in [5.74, 6) is 0.389. The summed E-state index contributed by atoms with van der Waals surface area (Å²) < 4.78 is 10.1. The van der Waals surface area contributed by atoms with Crippen LogP contribution in [0.2, 0.25) is 0 Å². The Balaban J connectivity index is 1.82. The van der Waals surface area contributed by atoms with E-state index < -0.39 is 0 Å². The molecule has 110 valence electrons. The van der Waals surface area contributed by atoms with Crippen molar-refractivity contribution in [3.05, 3.63) is 0 Å². The van der Waals surface area contributed by atoms with Crippen molar-refractivity contribution in [2.24, 2.45) is 5.92 Å². The second-order valence-electron chi connectivity index (χ2n) is 5.65. The van der Waals surface area contributed by atoms with Gasteiger partial charge in [0.05, 0.1) is 26.4 Å². The van der Waals surface area contributed by atoms with Crippen LogP contribution in [0.1, 0.15) is 32.1 Å². The van der Waals surface area contributed by atoms with E-state index in [0.717, 1.165) is 6.42 Å². The summed E-state index contributed by atoms with van der Waals surface area (Å²) in [4.78, 5) is 13.7. The number of carbonyl (C=O) groups is 1. The molecule has 2 rings (SSSR count). The van der Waals surface area contributed by atoms with Gasteiger partial charge < -0.3 is 14.6 Å². The number of esters is 1. The Labute approximate surface area is 114 Å². The van der Waals surface area contributed by atoms with Crippen LogP contribution in [0, 0.1) is 5.92 Å². The van der Waals surface area contributed by atoms with Gasteiger partial charge in [-0.25, -0.2) is 0 Å². The molecule has 2 fully saturated rings. The van der Waals surface area contributed by atoms with Gasteiger partial charge in [-0.3, -0.25) is 9.69 Å². The predicted molar refractivity (Wildman–Crippen MR) is 70.8 cm³/mol. The quantitative estimate of drug-likeness (QED) is 0.750. The molecular weight excluding hydrogens is 246 g/mol. The van der Waals surface area contributed by atoms with Crippen molar-refractivity contribution in [3.63, 3.8) is 0 Å². The molecule has 0 aromatic heterocycles. The SMILES string of the molecule is COC(=O)C1COCCN1CC(O)CC1CCCC1. The second kappa shape index (κ2) is 7.22. The number of ether oxygens (including phenoxy) is 2. The van der Waals surface area contributed by atoms with Crippen LogP contribution in [0.4, 0.5) is 0 Å². The minimum absolute atomic E-state index is 0.271. The molecule has 0 amide bonds. The zero-order valence-corrected chi connectivity index (χ0v) is 11.7. The van der Waals surface area contributed by atoms with Crippen molar-refractivity contribution in [2.75, 3.05) is 33.4 Å². The highest BCUT2D eigenvalue weighted by molar-refractivity contribution is 5.75. The minimum atomic E-state index is -0.364. The van der Waals surface area contributed by atoms with E-state index in [0.29, 0.717) is 32.2 Å². The fraction of sp³-hybridized carbons (Fsp3) is 0.929. The number of aliphatic hydroxyl groups is 1. The van der Waals surface area contributed by atoms with E-state index in [-0.39, 0.29) is 18.1 Å². The van der Waals surface area contributed by atoms with E-state index in [2.05, 4.69) is 0 Å². The van der Waals surface area contributed by atoms with Crippen molar-refractivity contribution in [1.82, 2.24) is 4.90 Å². The van der Waals surface area contributed by atoms with E-state index in [1.807, 2.05) is 4.90 Å². The number of aliphatic hydroxyl groups excluding tert-OH is 1. The summed E-state index contributed by atoms with van der Waals surface area (Å²) in [6.45, 7) is 2.20. The molecule has 19 heavy (non-hydrogen) atoms. The van der Waals surface area contributed by atoms with Crippen molar-refractivity contribution in [3.8, 4) is 0 Å². The highest BCUT2D eigenvalue weighted by Gasteiger charge is 2.32. The first-order valence-corrected chi connectivity index (χ1v) is 7.28. The average Bonchev–Trinajstić information content (AvgIpc) is 2.91. The van der Waals surface area contributed by atoms with Gasteiger partial charge in [-0.15, -0.1) is 0 Å². The standard InChI is InChI=1S/C14H25NO4/c1-18-14(17)13-10-19-7-6-15(13)9-12(16)8-11-4-2-3-5-11/h11-13,16H,2-10H2,1H3. The van der Waals surface area contributed by atoms with Gasteiger partial charge in [0.15, 0.2) is 0 Å². The molecule has 2 atom stereocenters. The van der Waals surface area contributed by atoms with Crippen LogP contribution >= 0.6 is 0 Å². The maximum absolute atomic E-state index is 11.7. The molecule has 2 unspecified atom stereocenters. The van der Waals surface area contributed by atoms with Crippen LogP contribution < -0.4 is 0 Å². The number of carbonyl (C=O) groups excluding carboxylic acids is 1. The molecule has 0 aromatic carbocycles. The number of hydrogen-bond acceptors (Lipinski definition) is 5. The third-order valence-corrected chi connectivity index (χ3v) is 4.24. The monoisotopic (exact) mass is 271 g/mol. The maximum Gasteiger partial charge on any atom is 0.325 e. The van der Waals surface area contributed by atoms with Crippen LogP contribution in [-0.4, -0.2) is 61.5 Å². The molecule has 1 saturated heterocycles. The molecule has 0 bridgehead atoms. The van der Waals surface area contributed by atoms with Crippen LogP contribution in [0.15, 0.2) is 0 Å². The highest BCUT2D eigenvalue weighted by atomic mass is 16.5. The lowest BCUT2D eigenvalue weighted by atomic mass is 9.99. The summed E-state index contributed by atoms with van der Waals surface area (Å²) in [5, 5.41) is 10.2. The number of β-amino-alcohol motifs (C(OH)–C–C–N with tert-alkyl or cyclic N) is 1. The molecule has 1 N–H and O–H groups in total. The van der Waals surface area contributed by atoms with E-state index in [1.54, 1.807) is 0 Å². The molecular formula is C14H25NO4. The minimum Gasteiger partial charge on any atom is -0.468 e. The van der Waals surface area contributed by atoms with E-state index in [4.69, 9.17) is 9.47 Å². The number of nitrogens with zero attached hydrogens (tertiary/aromatic N) is 1. The Hall–Kier alpha value is -0.650. The van der Waals surface area contributed by atoms with Crippen molar-refractivity contribution < 1.29 is 19.4 Å². The van der Waals surface area contributed by atoms with Gasteiger partial charge in [0.2, 0.25) is 0 Å². The predicted octanol–water partition coefficient (Wildman–Crippen LogP) is 0.801. The number of morpholine rings is 1. The van der Waals surface area contributed by atoms with Crippen molar-refractivity contribution in [1.29, 1.82) is 0 Å². The van der Waals surface area contributed by atoms with Gasteiger partial charge in [0.25, 0.3) is 0 Å². The summed E-state index contributed by atoms with van der Waals surface area (Å²) in [6.07, 6.45) is 5.56. The lowest BCUT2D eigenvalue weighted by molar-refractivity contribution is -0.154. The molecule has 0 aromatic rings. The summed E-state index contributed by atoms with van der Waals surface area (Å²) in [5.41, 5.74) is 0. The Kier molecular flexibility index (Phi) is 5.60. The van der Waals surface area contributed by atoms with Crippen LogP contribution in [-0.2, 0) is 14.3 Å². The first-order valence-electron chi connectivity index (χ1n) is 7.28. The lowest BCUT2D eigenvalue weighted by Gasteiger charge is -2.35. The number of hydrogen-bond donors (Lipinski definition) is 1. The molecule has 1 aliphatic heterocycles. The number of methoxy groups -OCH3 is 1. The topological polar surface area (TPSA) is 59.0 Å². The van der Waals surface area contributed by atoms with E-state index >= 15 is 0 Å². The second-order valence-corrected chi connectivity index (χ2v) is 5.65. The molecule has 5 heteroatoms. The Morgan fingerprint density at radius 3 is 2.89 bits per heavy atom. The van der Waals surface area contributed by atoms with Crippen LogP contribution in [0.5, 0.6) is 0 Å². The first-order chi connectivity index (χ1) is 9.20. The zero-order chi connectivity index (χ0) is 13.7. The van der Waals surface area contributed by atoms with Crippen molar-refractivity contribution >= 4 is 5.97 Å². The third kappa shape index (κ3) is 4.16. The Morgan fingerprint density at radius 1 is 1.47 bits per heavy atom. The van der Waals surface area contributed by atoms with Gasteiger partial charge in [-0.2, -0.15) is 0 Å². The first kappa shape index (κ1) is 14.8. The fourth-order valence-corrected chi connectivity index (χ4v) is 3.19. The summed E-state index contributed by atoms with van der Waals surface area (Å²) >= 11 is 0. The van der Waals surface area contributed by atoms with E-state index in [1.165, 1.54) is 32.8 Å². The van der Waals surface area contributed by atoms with Crippen molar-refractivity contribution in [2.45, 2.75) is 44.2 Å². The fourth-order valence-electron chi connectivity index (χ4n) is 3.19. The molecule has 5 nitrogen and oxygen atoms in total. The highest BCUT2D eigenvalue weighted by Crippen LogP contribution is 2.28. The summed E-state index contributed by atoms with van der Waals surface area (Å²) in [7, 11) is 1.39. The van der Waals surface area contributed by atoms with Crippen LogP contribution in [0.25, 0.3) is 0 Å². The summed E-state index contributed by atoms with van der Waals surface area (Å²) in [6, 6.07) is -0.364. The smallest absolute Gasteiger partial charge is 0.325 e. The Bertz CT molecular complexity index is 291. The maximum atomic E-state index is 11.7.